The van der Waals surface area contributed by atoms with E-state index >= 15 is 0 Å². The quantitative estimate of drug-likeness (QED) is 0.810. The first-order valence-corrected chi connectivity index (χ1v) is 9.91. The number of amides is 1. The molecule has 0 unspecified atom stereocenters. The molecule has 7 heteroatoms. The monoisotopic (exact) mass is 358 g/mol. The minimum absolute atomic E-state index is 0.0157. The molecule has 0 aliphatic carbocycles. The fraction of sp³-hybridized carbons (Fsp3) is 0.562. The van der Waals surface area contributed by atoms with Gasteiger partial charge in [-0.2, -0.15) is 0 Å². The molecule has 0 saturated carbocycles. The molecule has 1 aliphatic heterocycles. The van der Waals surface area contributed by atoms with Gasteiger partial charge in [0.15, 0.2) is 0 Å². The highest BCUT2D eigenvalue weighted by atomic mass is 35.5. The van der Waals surface area contributed by atoms with E-state index in [0.29, 0.717) is 50.5 Å². The Kier molecular flexibility index (Phi) is 6.44. The molecule has 0 bridgehead atoms. The molecule has 1 amide bonds. The van der Waals surface area contributed by atoms with Gasteiger partial charge in [-0.3, -0.25) is 4.79 Å². The van der Waals surface area contributed by atoms with Crippen molar-refractivity contribution in [3.8, 4) is 0 Å². The summed E-state index contributed by atoms with van der Waals surface area (Å²) >= 11 is 5.94. The lowest BCUT2D eigenvalue weighted by Crippen LogP contribution is -2.38. The molecule has 0 atom stereocenters. The number of halogens is 1. The lowest BCUT2D eigenvalue weighted by molar-refractivity contribution is -0.130. The van der Waals surface area contributed by atoms with Gasteiger partial charge in [-0.25, -0.2) is 12.7 Å². The number of sulfonamides is 1. The highest BCUT2D eigenvalue weighted by Crippen LogP contribution is 2.14. The third-order valence-corrected chi connectivity index (χ3v) is 6.22. The molecule has 0 radical (unpaired) electrons. The zero-order valence-electron chi connectivity index (χ0n) is 13.4. The minimum Gasteiger partial charge on any atom is -0.341 e. The smallest absolute Gasteiger partial charge is 0.227 e. The first-order valence-electron chi connectivity index (χ1n) is 7.92. The van der Waals surface area contributed by atoms with Crippen LogP contribution in [-0.2, 0) is 21.2 Å². The van der Waals surface area contributed by atoms with Gasteiger partial charge in [0, 0.05) is 31.2 Å². The second kappa shape index (κ2) is 8.13. The average molecular weight is 359 g/mol. The summed E-state index contributed by atoms with van der Waals surface area (Å²) in [4.78, 5) is 14.2. The standard InChI is InChI=1S/C16H23ClN2O3S/c1-2-11-23(21,22)19-8-4-7-18(9-10-19)16(20)13-14-5-3-6-15(17)12-14/h3,5-6,12H,2,4,7-11,13H2,1H3. The van der Waals surface area contributed by atoms with Crippen LogP contribution in [0, 0.1) is 0 Å². The lowest BCUT2D eigenvalue weighted by atomic mass is 10.1. The molecular formula is C16H23ClN2O3S. The maximum absolute atomic E-state index is 12.4. The predicted molar refractivity (Wildman–Crippen MR) is 92.0 cm³/mol. The molecule has 2 rings (SSSR count). The van der Waals surface area contributed by atoms with Crippen LogP contribution in [0.25, 0.3) is 0 Å². The minimum atomic E-state index is -3.19. The fourth-order valence-corrected chi connectivity index (χ4v) is 4.50. The van der Waals surface area contributed by atoms with Gasteiger partial charge in [0.05, 0.1) is 12.2 Å². The highest BCUT2D eigenvalue weighted by molar-refractivity contribution is 7.89. The van der Waals surface area contributed by atoms with Crippen molar-refractivity contribution in [3.05, 3.63) is 34.9 Å². The van der Waals surface area contributed by atoms with Gasteiger partial charge in [0.25, 0.3) is 0 Å². The van der Waals surface area contributed by atoms with Crippen LogP contribution in [0.15, 0.2) is 24.3 Å². The molecule has 1 fully saturated rings. The number of rotatable bonds is 5. The summed E-state index contributed by atoms with van der Waals surface area (Å²) in [6.07, 6.45) is 1.57. The Bertz CT molecular complexity index is 648. The molecule has 1 heterocycles. The molecule has 1 saturated heterocycles. The Morgan fingerprint density at radius 1 is 1.22 bits per heavy atom. The van der Waals surface area contributed by atoms with Crippen LogP contribution in [0.3, 0.4) is 0 Å². The Balaban J connectivity index is 1.96. The van der Waals surface area contributed by atoms with Crippen LogP contribution in [0.5, 0.6) is 0 Å². The lowest BCUT2D eigenvalue weighted by Gasteiger charge is -2.22. The van der Waals surface area contributed by atoms with Crippen molar-refractivity contribution in [2.45, 2.75) is 26.2 Å². The number of benzene rings is 1. The van der Waals surface area contributed by atoms with Crippen molar-refractivity contribution >= 4 is 27.5 Å². The van der Waals surface area contributed by atoms with Crippen molar-refractivity contribution in [2.75, 3.05) is 31.9 Å². The number of carbonyl (C=O) groups is 1. The number of carbonyl (C=O) groups excluding carboxylic acids is 1. The number of nitrogens with zero attached hydrogens (tertiary/aromatic N) is 2. The fourth-order valence-electron chi connectivity index (χ4n) is 2.74. The van der Waals surface area contributed by atoms with Gasteiger partial charge in [-0.05, 0) is 30.5 Å². The van der Waals surface area contributed by atoms with E-state index in [1.54, 1.807) is 17.0 Å². The Morgan fingerprint density at radius 3 is 2.70 bits per heavy atom. The molecule has 128 valence electrons. The van der Waals surface area contributed by atoms with Gasteiger partial charge in [-0.1, -0.05) is 30.7 Å². The van der Waals surface area contributed by atoms with Crippen LogP contribution in [0.4, 0.5) is 0 Å². The van der Waals surface area contributed by atoms with E-state index in [1.165, 1.54) is 4.31 Å². The summed E-state index contributed by atoms with van der Waals surface area (Å²) in [6, 6.07) is 7.26. The summed E-state index contributed by atoms with van der Waals surface area (Å²) in [7, 11) is -3.19. The Hall–Kier alpha value is -1.11. The van der Waals surface area contributed by atoms with Crippen LogP contribution in [0.1, 0.15) is 25.3 Å². The van der Waals surface area contributed by atoms with Gasteiger partial charge in [0.1, 0.15) is 0 Å². The van der Waals surface area contributed by atoms with E-state index < -0.39 is 10.0 Å². The Morgan fingerprint density at radius 2 is 2.00 bits per heavy atom. The zero-order valence-corrected chi connectivity index (χ0v) is 14.9. The summed E-state index contributed by atoms with van der Waals surface area (Å²) < 4.78 is 25.8. The van der Waals surface area contributed by atoms with Crippen molar-refractivity contribution < 1.29 is 13.2 Å². The second-order valence-electron chi connectivity index (χ2n) is 5.76. The van der Waals surface area contributed by atoms with Crippen LogP contribution >= 0.6 is 11.6 Å². The van der Waals surface area contributed by atoms with E-state index in [0.717, 1.165) is 5.56 Å². The van der Waals surface area contributed by atoms with Crippen molar-refractivity contribution in [2.24, 2.45) is 0 Å². The molecule has 5 nitrogen and oxygen atoms in total. The molecule has 1 aliphatic rings. The van der Waals surface area contributed by atoms with E-state index in [2.05, 4.69) is 0 Å². The van der Waals surface area contributed by atoms with Gasteiger partial charge < -0.3 is 4.90 Å². The molecule has 0 spiro atoms. The van der Waals surface area contributed by atoms with Crippen LogP contribution < -0.4 is 0 Å². The SMILES string of the molecule is CCCS(=O)(=O)N1CCCN(C(=O)Cc2cccc(Cl)c2)CC1. The Labute approximate surface area is 143 Å². The zero-order chi connectivity index (χ0) is 16.9. The number of hydrogen-bond donors (Lipinski definition) is 0. The molecule has 0 N–H and O–H groups in total. The summed E-state index contributed by atoms with van der Waals surface area (Å²) in [5.74, 6) is 0.186. The summed E-state index contributed by atoms with van der Waals surface area (Å²) in [5.41, 5.74) is 0.877. The third kappa shape index (κ3) is 5.19. The van der Waals surface area contributed by atoms with Gasteiger partial charge in [0.2, 0.25) is 15.9 Å². The van der Waals surface area contributed by atoms with Gasteiger partial charge in [-0.15, -0.1) is 0 Å². The van der Waals surface area contributed by atoms with Crippen LogP contribution in [0.2, 0.25) is 5.02 Å². The topological polar surface area (TPSA) is 57.7 Å². The largest absolute Gasteiger partial charge is 0.341 e. The molecule has 1 aromatic rings. The average Bonchev–Trinajstić information content (AvgIpc) is 2.73. The molecule has 23 heavy (non-hydrogen) atoms. The third-order valence-electron chi connectivity index (χ3n) is 3.91. The predicted octanol–water partition coefficient (Wildman–Crippen LogP) is 2.16. The van der Waals surface area contributed by atoms with E-state index in [9.17, 15) is 13.2 Å². The number of hydrogen-bond acceptors (Lipinski definition) is 3. The normalized spacial score (nSPS) is 17.0. The first-order chi connectivity index (χ1) is 10.9. The summed E-state index contributed by atoms with van der Waals surface area (Å²) in [5, 5.41) is 0.614. The van der Waals surface area contributed by atoms with E-state index in [-0.39, 0.29) is 11.7 Å². The van der Waals surface area contributed by atoms with E-state index in [4.69, 9.17) is 11.6 Å². The van der Waals surface area contributed by atoms with E-state index in [1.807, 2.05) is 19.1 Å². The molecular weight excluding hydrogens is 336 g/mol. The maximum Gasteiger partial charge on any atom is 0.227 e. The highest BCUT2D eigenvalue weighted by Gasteiger charge is 2.26. The second-order valence-corrected chi connectivity index (χ2v) is 8.28. The summed E-state index contributed by atoms with van der Waals surface area (Å²) in [6.45, 7) is 3.77. The van der Waals surface area contributed by atoms with Gasteiger partial charge >= 0.3 is 0 Å². The van der Waals surface area contributed by atoms with Crippen LogP contribution in [-0.4, -0.2) is 55.5 Å². The van der Waals surface area contributed by atoms with Crippen molar-refractivity contribution in [3.63, 3.8) is 0 Å². The molecule has 1 aromatic carbocycles. The maximum atomic E-state index is 12.4. The van der Waals surface area contributed by atoms with Crippen molar-refractivity contribution in [1.29, 1.82) is 0 Å². The molecule has 0 aromatic heterocycles. The van der Waals surface area contributed by atoms with Crippen molar-refractivity contribution in [1.82, 2.24) is 9.21 Å². The first kappa shape index (κ1) is 18.2.